The molecule has 1 unspecified atom stereocenters. The van der Waals surface area contributed by atoms with Crippen LogP contribution in [0.15, 0.2) is 30.3 Å². The highest BCUT2D eigenvalue weighted by Crippen LogP contribution is 2.21. The molecule has 0 radical (unpaired) electrons. The summed E-state index contributed by atoms with van der Waals surface area (Å²) in [4.78, 5) is 14.7. The van der Waals surface area contributed by atoms with Gasteiger partial charge < -0.3 is 20.6 Å². The Kier molecular flexibility index (Phi) is 5.33. The minimum absolute atomic E-state index is 0.0203. The number of likely N-dealkylation sites (N-methyl/N-ethyl adjacent to an activating group) is 1. The molecule has 3 N–H and O–H groups in total. The topological polar surface area (TPSA) is 64.6 Å². The van der Waals surface area contributed by atoms with Crippen molar-refractivity contribution in [3.8, 4) is 0 Å². The molecule has 0 saturated carbocycles. The molecule has 1 amide bonds. The number of amides is 1. The molecule has 5 heteroatoms. The molecule has 1 aliphatic heterocycles. The van der Waals surface area contributed by atoms with Crippen LogP contribution in [-0.2, 0) is 4.79 Å². The minimum atomic E-state index is -0.671. The highest BCUT2D eigenvalue weighted by molar-refractivity contribution is 5.86. The standard InChI is InChI=1S/C16H25N3O2/c1-17-16(8-10-19(2)11-9-16)15(21)18-12-14(20)13-6-4-3-5-7-13/h3-7,14,17,20H,8-12H2,1-2H3,(H,18,21). The summed E-state index contributed by atoms with van der Waals surface area (Å²) in [6.07, 6.45) is 0.899. The molecule has 0 aliphatic carbocycles. The van der Waals surface area contributed by atoms with E-state index < -0.39 is 11.6 Å². The van der Waals surface area contributed by atoms with E-state index in [-0.39, 0.29) is 12.5 Å². The first kappa shape index (κ1) is 15.9. The van der Waals surface area contributed by atoms with Crippen LogP contribution >= 0.6 is 0 Å². The molecule has 1 fully saturated rings. The van der Waals surface area contributed by atoms with Gasteiger partial charge in [0.15, 0.2) is 0 Å². The fourth-order valence-corrected chi connectivity index (χ4v) is 2.74. The smallest absolute Gasteiger partial charge is 0.240 e. The van der Waals surface area contributed by atoms with Crippen LogP contribution < -0.4 is 10.6 Å². The lowest BCUT2D eigenvalue weighted by Gasteiger charge is -2.39. The van der Waals surface area contributed by atoms with E-state index in [4.69, 9.17) is 0 Å². The lowest BCUT2D eigenvalue weighted by molar-refractivity contribution is -0.129. The van der Waals surface area contributed by atoms with E-state index in [1.807, 2.05) is 37.4 Å². The molecule has 0 bridgehead atoms. The van der Waals surface area contributed by atoms with E-state index in [0.29, 0.717) is 0 Å². The number of carbonyl (C=O) groups excluding carboxylic acids is 1. The average molecular weight is 291 g/mol. The van der Waals surface area contributed by atoms with Crippen molar-refractivity contribution >= 4 is 5.91 Å². The number of hydrogen-bond donors (Lipinski definition) is 3. The third-order valence-corrected chi connectivity index (χ3v) is 4.39. The highest BCUT2D eigenvalue weighted by atomic mass is 16.3. The number of aliphatic hydroxyl groups excluding tert-OH is 1. The maximum Gasteiger partial charge on any atom is 0.240 e. The monoisotopic (exact) mass is 291 g/mol. The SMILES string of the molecule is CNC1(C(=O)NCC(O)c2ccccc2)CCN(C)CC1. The second-order valence-corrected chi connectivity index (χ2v) is 5.77. The maximum absolute atomic E-state index is 12.5. The van der Waals surface area contributed by atoms with Gasteiger partial charge in [0.2, 0.25) is 5.91 Å². The normalized spacial score (nSPS) is 20.0. The van der Waals surface area contributed by atoms with Crippen LogP contribution in [0.25, 0.3) is 0 Å². The van der Waals surface area contributed by atoms with Gasteiger partial charge in [-0.1, -0.05) is 30.3 Å². The largest absolute Gasteiger partial charge is 0.387 e. The van der Waals surface area contributed by atoms with E-state index >= 15 is 0 Å². The van der Waals surface area contributed by atoms with Gasteiger partial charge in [-0.05, 0) is 32.5 Å². The lowest BCUT2D eigenvalue weighted by atomic mass is 9.86. The Morgan fingerprint density at radius 3 is 2.52 bits per heavy atom. The number of piperidine rings is 1. The quantitative estimate of drug-likeness (QED) is 0.740. The summed E-state index contributed by atoms with van der Waals surface area (Å²) < 4.78 is 0. The fourth-order valence-electron chi connectivity index (χ4n) is 2.74. The molecule has 1 heterocycles. The second-order valence-electron chi connectivity index (χ2n) is 5.77. The lowest BCUT2D eigenvalue weighted by Crippen LogP contribution is -2.60. The summed E-state index contributed by atoms with van der Waals surface area (Å²) >= 11 is 0. The molecule has 1 saturated heterocycles. The van der Waals surface area contributed by atoms with E-state index in [1.54, 1.807) is 0 Å². The van der Waals surface area contributed by atoms with Crippen LogP contribution in [-0.4, -0.2) is 55.2 Å². The summed E-state index contributed by atoms with van der Waals surface area (Å²) in [6, 6.07) is 9.39. The summed E-state index contributed by atoms with van der Waals surface area (Å²) in [5, 5.41) is 16.2. The van der Waals surface area contributed by atoms with Crippen LogP contribution in [0.2, 0.25) is 0 Å². The third kappa shape index (κ3) is 3.81. The number of nitrogens with zero attached hydrogens (tertiary/aromatic N) is 1. The van der Waals surface area contributed by atoms with E-state index in [1.165, 1.54) is 0 Å². The van der Waals surface area contributed by atoms with Crippen molar-refractivity contribution in [1.82, 2.24) is 15.5 Å². The average Bonchev–Trinajstić information content (AvgIpc) is 2.54. The van der Waals surface area contributed by atoms with Crippen molar-refractivity contribution in [2.75, 3.05) is 33.7 Å². The van der Waals surface area contributed by atoms with Crippen molar-refractivity contribution in [2.45, 2.75) is 24.5 Å². The van der Waals surface area contributed by atoms with Crippen molar-refractivity contribution in [3.63, 3.8) is 0 Å². The van der Waals surface area contributed by atoms with Gasteiger partial charge in [0.25, 0.3) is 0 Å². The number of aliphatic hydroxyl groups is 1. The summed E-state index contributed by atoms with van der Waals surface area (Å²) in [6.45, 7) is 2.03. The Morgan fingerprint density at radius 2 is 1.95 bits per heavy atom. The number of likely N-dealkylation sites (tertiary alicyclic amines) is 1. The van der Waals surface area contributed by atoms with Gasteiger partial charge in [0, 0.05) is 19.6 Å². The Hall–Kier alpha value is -1.43. The van der Waals surface area contributed by atoms with Crippen LogP contribution in [0.5, 0.6) is 0 Å². The minimum Gasteiger partial charge on any atom is -0.387 e. The van der Waals surface area contributed by atoms with Crippen LogP contribution in [0.4, 0.5) is 0 Å². The predicted octanol–water partition coefficient (Wildman–Crippen LogP) is 0.520. The molecular weight excluding hydrogens is 266 g/mol. The van der Waals surface area contributed by atoms with Crippen LogP contribution in [0, 0.1) is 0 Å². The molecule has 5 nitrogen and oxygen atoms in total. The summed E-state index contributed by atoms with van der Waals surface area (Å²) in [5.41, 5.74) is 0.308. The van der Waals surface area contributed by atoms with E-state index in [2.05, 4.69) is 22.6 Å². The van der Waals surface area contributed by atoms with Gasteiger partial charge >= 0.3 is 0 Å². The van der Waals surface area contributed by atoms with Crippen molar-refractivity contribution in [3.05, 3.63) is 35.9 Å². The maximum atomic E-state index is 12.5. The Morgan fingerprint density at radius 1 is 1.33 bits per heavy atom. The number of hydrogen-bond acceptors (Lipinski definition) is 4. The Bertz CT molecular complexity index is 456. The van der Waals surface area contributed by atoms with Crippen LogP contribution in [0.1, 0.15) is 24.5 Å². The molecule has 116 valence electrons. The zero-order chi connectivity index (χ0) is 15.3. The number of rotatable bonds is 5. The van der Waals surface area contributed by atoms with Gasteiger partial charge in [-0.15, -0.1) is 0 Å². The first-order chi connectivity index (χ1) is 10.1. The Balaban J connectivity index is 1.91. The van der Waals surface area contributed by atoms with Gasteiger partial charge in [-0.3, -0.25) is 4.79 Å². The third-order valence-electron chi connectivity index (χ3n) is 4.39. The fraction of sp³-hybridized carbons (Fsp3) is 0.562. The molecule has 2 rings (SSSR count). The van der Waals surface area contributed by atoms with Crippen molar-refractivity contribution < 1.29 is 9.90 Å². The highest BCUT2D eigenvalue weighted by Gasteiger charge is 2.39. The van der Waals surface area contributed by atoms with Crippen molar-refractivity contribution in [2.24, 2.45) is 0 Å². The number of carbonyl (C=O) groups is 1. The zero-order valence-electron chi connectivity index (χ0n) is 12.8. The molecule has 21 heavy (non-hydrogen) atoms. The van der Waals surface area contributed by atoms with Gasteiger partial charge in [-0.25, -0.2) is 0 Å². The van der Waals surface area contributed by atoms with Crippen LogP contribution in [0.3, 0.4) is 0 Å². The zero-order valence-corrected chi connectivity index (χ0v) is 12.8. The second kappa shape index (κ2) is 7.02. The number of nitrogens with one attached hydrogen (secondary N) is 2. The summed E-state index contributed by atoms with van der Waals surface area (Å²) in [5.74, 6) is -0.0203. The predicted molar refractivity (Wildman–Crippen MR) is 82.9 cm³/mol. The molecule has 0 aromatic heterocycles. The summed E-state index contributed by atoms with van der Waals surface area (Å²) in [7, 11) is 3.90. The van der Waals surface area contributed by atoms with Gasteiger partial charge in [-0.2, -0.15) is 0 Å². The van der Waals surface area contributed by atoms with Gasteiger partial charge in [0.05, 0.1) is 6.10 Å². The van der Waals surface area contributed by atoms with E-state index in [9.17, 15) is 9.90 Å². The molecule has 1 atom stereocenters. The van der Waals surface area contributed by atoms with E-state index in [0.717, 1.165) is 31.5 Å². The molecular formula is C16H25N3O2. The molecule has 0 spiro atoms. The first-order valence-corrected chi connectivity index (χ1v) is 7.46. The number of benzene rings is 1. The van der Waals surface area contributed by atoms with Crippen molar-refractivity contribution in [1.29, 1.82) is 0 Å². The Labute approximate surface area is 126 Å². The molecule has 1 aromatic carbocycles. The van der Waals surface area contributed by atoms with Gasteiger partial charge in [0.1, 0.15) is 5.54 Å². The first-order valence-electron chi connectivity index (χ1n) is 7.46. The molecule has 1 aliphatic rings. The molecule has 1 aromatic rings.